The molecule has 0 aliphatic carbocycles. The fourth-order valence-electron chi connectivity index (χ4n) is 2.17. The first-order chi connectivity index (χ1) is 10.6. The van der Waals surface area contributed by atoms with E-state index in [0.29, 0.717) is 18.9 Å². The van der Waals surface area contributed by atoms with E-state index in [-0.39, 0.29) is 23.7 Å². The third-order valence-corrected chi connectivity index (χ3v) is 3.36. The molecule has 0 unspecified atom stereocenters. The molecule has 8 heteroatoms. The number of rotatable bonds is 3. The number of amides is 2. The van der Waals surface area contributed by atoms with Gasteiger partial charge in [0.2, 0.25) is 11.8 Å². The van der Waals surface area contributed by atoms with Crippen LogP contribution >= 0.6 is 0 Å². The van der Waals surface area contributed by atoms with Gasteiger partial charge in [-0.05, 0) is 34.6 Å². The molecule has 2 amide bonds. The number of aromatic hydroxyl groups is 1. The lowest BCUT2D eigenvalue weighted by molar-refractivity contribution is -0.124. The second-order valence-electron chi connectivity index (χ2n) is 7.00. The van der Waals surface area contributed by atoms with Gasteiger partial charge in [0.15, 0.2) is 5.82 Å². The van der Waals surface area contributed by atoms with E-state index in [1.807, 2.05) is 13.8 Å². The summed E-state index contributed by atoms with van der Waals surface area (Å²) >= 11 is 0. The first kappa shape index (κ1) is 17.1. The molecule has 0 radical (unpaired) electrons. The Balaban J connectivity index is 1.85. The van der Waals surface area contributed by atoms with Gasteiger partial charge in [-0.15, -0.1) is 0 Å². The minimum absolute atomic E-state index is 0.000657. The molecule has 1 aromatic heterocycles. The summed E-state index contributed by atoms with van der Waals surface area (Å²) in [5.41, 5.74) is -0.550. The topological polar surface area (TPSA) is 96.7 Å². The van der Waals surface area contributed by atoms with E-state index >= 15 is 0 Å². The van der Waals surface area contributed by atoms with E-state index in [0.717, 1.165) is 0 Å². The highest BCUT2D eigenvalue weighted by Crippen LogP contribution is 2.23. The number of hydrogen-bond donors (Lipinski definition) is 2. The molecule has 2 N–H and O–H groups in total. The number of nitrogens with zero attached hydrogens (tertiary/aromatic N) is 3. The number of aromatic nitrogens is 2. The number of hydrogen-bond acceptors (Lipinski definition) is 5. The number of ether oxygens (including phenoxy) is 1. The molecule has 1 fully saturated rings. The summed E-state index contributed by atoms with van der Waals surface area (Å²) in [6.45, 7) is 9.78. The predicted octanol–water partition coefficient (Wildman–Crippen LogP) is 1.98. The lowest BCUT2D eigenvalue weighted by Crippen LogP contribution is -2.55. The second-order valence-corrected chi connectivity index (χ2v) is 7.00. The standard InChI is InChI=1S/C15H24N4O4/c1-9(2)19-12(20)6-11(17-19)16-13(21)10-7-18(8-10)14(22)23-15(3,4)5/h6,9-10,20H,7-8H2,1-5H3,(H,16,17,21). The zero-order valence-electron chi connectivity index (χ0n) is 14.2. The fourth-order valence-corrected chi connectivity index (χ4v) is 2.17. The van der Waals surface area contributed by atoms with Crippen LogP contribution in [0, 0.1) is 5.92 Å². The summed E-state index contributed by atoms with van der Waals surface area (Å²) in [5.74, 6) is -0.219. The van der Waals surface area contributed by atoms with E-state index in [1.54, 1.807) is 20.8 Å². The molecule has 1 aliphatic rings. The van der Waals surface area contributed by atoms with Gasteiger partial charge in [0, 0.05) is 19.2 Å². The molecule has 0 aromatic carbocycles. The van der Waals surface area contributed by atoms with E-state index in [4.69, 9.17) is 4.74 Å². The van der Waals surface area contributed by atoms with Crippen molar-refractivity contribution >= 4 is 17.8 Å². The molecule has 1 saturated heterocycles. The molecule has 1 aliphatic heterocycles. The second kappa shape index (κ2) is 6.10. The summed E-state index contributed by atoms with van der Waals surface area (Å²) in [6.07, 6.45) is -0.414. The Labute approximate surface area is 135 Å². The van der Waals surface area contributed by atoms with Gasteiger partial charge in [-0.25, -0.2) is 9.48 Å². The number of nitrogens with one attached hydrogen (secondary N) is 1. The van der Waals surface area contributed by atoms with Crippen molar-refractivity contribution in [3.05, 3.63) is 6.07 Å². The van der Waals surface area contributed by atoms with E-state index in [1.165, 1.54) is 15.6 Å². The lowest BCUT2D eigenvalue weighted by Gasteiger charge is -2.38. The maximum atomic E-state index is 12.1. The van der Waals surface area contributed by atoms with Gasteiger partial charge in [0.05, 0.1) is 12.0 Å². The van der Waals surface area contributed by atoms with Crippen LogP contribution < -0.4 is 5.32 Å². The molecule has 0 bridgehead atoms. The molecule has 2 heterocycles. The van der Waals surface area contributed by atoms with Crippen molar-refractivity contribution in [2.75, 3.05) is 18.4 Å². The summed E-state index contributed by atoms with van der Waals surface area (Å²) in [7, 11) is 0. The summed E-state index contributed by atoms with van der Waals surface area (Å²) in [4.78, 5) is 25.4. The Morgan fingerprint density at radius 2 is 2.00 bits per heavy atom. The number of anilines is 1. The van der Waals surface area contributed by atoms with Crippen LogP contribution in [0.2, 0.25) is 0 Å². The maximum Gasteiger partial charge on any atom is 0.410 e. The fraction of sp³-hybridized carbons (Fsp3) is 0.667. The number of carbonyl (C=O) groups is 2. The van der Waals surface area contributed by atoms with Crippen molar-refractivity contribution in [1.29, 1.82) is 0 Å². The Bertz CT molecular complexity index is 597. The van der Waals surface area contributed by atoms with Crippen molar-refractivity contribution in [1.82, 2.24) is 14.7 Å². The van der Waals surface area contributed by atoms with Gasteiger partial charge in [-0.3, -0.25) is 4.79 Å². The largest absolute Gasteiger partial charge is 0.493 e. The molecule has 8 nitrogen and oxygen atoms in total. The molecule has 2 rings (SSSR count). The molecular formula is C15H24N4O4. The minimum Gasteiger partial charge on any atom is -0.493 e. The predicted molar refractivity (Wildman–Crippen MR) is 84.2 cm³/mol. The Hall–Kier alpha value is -2.25. The van der Waals surface area contributed by atoms with Crippen molar-refractivity contribution < 1.29 is 19.4 Å². The SMILES string of the molecule is CC(C)n1nc(NC(=O)C2CN(C(=O)OC(C)(C)C)C2)cc1O. The first-order valence-electron chi connectivity index (χ1n) is 7.64. The molecule has 0 saturated carbocycles. The van der Waals surface area contributed by atoms with Gasteiger partial charge in [0.1, 0.15) is 5.60 Å². The van der Waals surface area contributed by atoms with Gasteiger partial charge in [0.25, 0.3) is 0 Å². The summed E-state index contributed by atoms with van der Waals surface area (Å²) in [5, 5.41) is 16.5. The van der Waals surface area contributed by atoms with Crippen LogP contribution in [0.15, 0.2) is 6.07 Å². The molecule has 1 aromatic rings. The first-order valence-corrected chi connectivity index (χ1v) is 7.64. The van der Waals surface area contributed by atoms with Gasteiger partial charge >= 0.3 is 6.09 Å². The van der Waals surface area contributed by atoms with Crippen LogP contribution in [0.25, 0.3) is 0 Å². The molecule has 0 atom stereocenters. The van der Waals surface area contributed by atoms with E-state index in [9.17, 15) is 14.7 Å². The molecular weight excluding hydrogens is 300 g/mol. The molecule has 23 heavy (non-hydrogen) atoms. The van der Waals surface area contributed by atoms with Crippen LogP contribution in [0.5, 0.6) is 5.88 Å². The maximum absolute atomic E-state index is 12.1. The Morgan fingerprint density at radius 1 is 1.39 bits per heavy atom. The quantitative estimate of drug-likeness (QED) is 0.886. The highest BCUT2D eigenvalue weighted by atomic mass is 16.6. The van der Waals surface area contributed by atoms with Crippen LogP contribution in [0.4, 0.5) is 10.6 Å². The minimum atomic E-state index is -0.550. The van der Waals surface area contributed by atoms with Gasteiger partial charge in [-0.1, -0.05) is 0 Å². The van der Waals surface area contributed by atoms with Crippen LogP contribution in [-0.4, -0.2) is 50.5 Å². The average Bonchev–Trinajstić information content (AvgIpc) is 2.65. The van der Waals surface area contributed by atoms with Crippen molar-refractivity contribution in [2.45, 2.75) is 46.3 Å². The monoisotopic (exact) mass is 324 g/mol. The van der Waals surface area contributed by atoms with Crippen LogP contribution in [0.3, 0.4) is 0 Å². The van der Waals surface area contributed by atoms with Gasteiger partial charge in [-0.2, -0.15) is 5.10 Å². The van der Waals surface area contributed by atoms with Crippen molar-refractivity contribution in [2.24, 2.45) is 5.92 Å². The van der Waals surface area contributed by atoms with Crippen LogP contribution in [-0.2, 0) is 9.53 Å². The third-order valence-electron chi connectivity index (χ3n) is 3.36. The zero-order chi connectivity index (χ0) is 17.4. The van der Waals surface area contributed by atoms with Crippen molar-refractivity contribution in [3.63, 3.8) is 0 Å². The summed E-state index contributed by atoms with van der Waals surface area (Å²) in [6, 6.07) is 1.40. The molecule has 128 valence electrons. The molecule has 0 spiro atoms. The smallest absolute Gasteiger partial charge is 0.410 e. The van der Waals surface area contributed by atoms with Crippen molar-refractivity contribution in [3.8, 4) is 5.88 Å². The highest BCUT2D eigenvalue weighted by Gasteiger charge is 2.38. The van der Waals surface area contributed by atoms with E-state index < -0.39 is 11.7 Å². The van der Waals surface area contributed by atoms with E-state index in [2.05, 4.69) is 10.4 Å². The Morgan fingerprint density at radius 3 is 2.48 bits per heavy atom. The Kier molecular flexibility index (Phi) is 4.53. The zero-order valence-corrected chi connectivity index (χ0v) is 14.2. The highest BCUT2D eigenvalue weighted by molar-refractivity contribution is 5.93. The normalized spacial score (nSPS) is 15.5. The average molecular weight is 324 g/mol. The lowest BCUT2D eigenvalue weighted by atomic mass is 10.00. The third kappa shape index (κ3) is 4.14. The number of likely N-dealkylation sites (tertiary alicyclic amines) is 1. The number of carbonyl (C=O) groups excluding carboxylic acids is 2. The van der Waals surface area contributed by atoms with Crippen LogP contribution in [0.1, 0.15) is 40.7 Å². The summed E-state index contributed by atoms with van der Waals surface area (Å²) < 4.78 is 6.66. The van der Waals surface area contributed by atoms with Gasteiger partial charge < -0.3 is 20.1 Å².